The van der Waals surface area contributed by atoms with Crippen molar-refractivity contribution in [3.05, 3.63) is 65.2 Å². The lowest BCUT2D eigenvalue weighted by atomic mass is 9.72. The molecular formula is C19H20Cl2O2. The Morgan fingerprint density at radius 1 is 1.04 bits per heavy atom. The summed E-state index contributed by atoms with van der Waals surface area (Å²) in [6, 6.07) is 15.2. The molecule has 0 aliphatic heterocycles. The van der Waals surface area contributed by atoms with Crippen molar-refractivity contribution < 1.29 is 9.84 Å². The van der Waals surface area contributed by atoms with Crippen molar-refractivity contribution in [3.63, 3.8) is 0 Å². The molecule has 0 saturated heterocycles. The molecule has 1 fully saturated rings. The molecule has 0 spiro atoms. The number of ether oxygens (including phenoxy) is 1. The molecule has 2 atom stereocenters. The van der Waals surface area contributed by atoms with Gasteiger partial charge in [-0.25, -0.2) is 0 Å². The van der Waals surface area contributed by atoms with Crippen molar-refractivity contribution in [2.75, 3.05) is 7.11 Å². The Balaban J connectivity index is 2.31. The molecule has 1 N–H and O–H groups in total. The molecule has 0 radical (unpaired) electrons. The largest absolute Gasteiger partial charge is 0.496 e. The van der Waals surface area contributed by atoms with Crippen LogP contribution in [0.1, 0.15) is 30.0 Å². The molecule has 122 valence electrons. The Hall–Kier alpha value is -1.22. The van der Waals surface area contributed by atoms with Crippen LogP contribution in [0.15, 0.2) is 48.5 Å². The molecule has 0 unspecified atom stereocenters. The van der Waals surface area contributed by atoms with Crippen LogP contribution >= 0.6 is 23.2 Å². The number of benzene rings is 2. The van der Waals surface area contributed by atoms with Gasteiger partial charge < -0.3 is 9.84 Å². The van der Waals surface area contributed by atoms with Gasteiger partial charge in [-0.2, -0.15) is 0 Å². The van der Waals surface area contributed by atoms with Gasteiger partial charge in [0, 0.05) is 11.0 Å². The lowest BCUT2D eigenvalue weighted by Crippen LogP contribution is -2.40. The number of aliphatic hydroxyl groups is 1. The first-order valence-electron chi connectivity index (χ1n) is 7.58. The van der Waals surface area contributed by atoms with E-state index in [9.17, 15) is 5.11 Å². The third-order valence-corrected chi connectivity index (χ3v) is 6.19. The number of alkyl halides is 2. The van der Waals surface area contributed by atoms with Crippen LogP contribution in [0.25, 0.3) is 0 Å². The molecule has 2 aromatic carbocycles. The van der Waals surface area contributed by atoms with Gasteiger partial charge in [0.2, 0.25) is 0 Å². The van der Waals surface area contributed by atoms with E-state index in [0.29, 0.717) is 17.7 Å². The molecule has 0 amide bonds. The van der Waals surface area contributed by atoms with Crippen LogP contribution in [0.3, 0.4) is 0 Å². The smallest absolute Gasteiger partial charge is 0.127 e. The topological polar surface area (TPSA) is 29.5 Å². The summed E-state index contributed by atoms with van der Waals surface area (Å²) < 4.78 is 4.52. The SMILES string of the molecule is COc1ccccc1[C@@](O)(c1ccccc1C)[C@]1(C)CC1(Cl)Cl. The van der Waals surface area contributed by atoms with Crippen LogP contribution in [0.5, 0.6) is 5.75 Å². The summed E-state index contributed by atoms with van der Waals surface area (Å²) in [5.41, 5.74) is 0.425. The van der Waals surface area contributed by atoms with E-state index in [-0.39, 0.29) is 0 Å². The number of halogens is 2. The van der Waals surface area contributed by atoms with E-state index in [1.54, 1.807) is 7.11 Å². The minimum Gasteiger partial charge on any atom is -0.496 e. The predicted octanol–water partition coefficient (Wildman–Crippen LogP) is 4.82. The number of hydrogen-bond donors (Lipinski definition) is 1. The lowest BCUT2D eigenvalue weighted by molar-refractivity contribution is 0.00579. The normalized spacial score (nSPS) is 24.8. The first-order chi connectivity index (χ1) is 10.8. The minimum absolute atomic E-state index is 0.506. The number of rotatable bonds is 4. The first kappa shape index (κ1) is 16.6. The molecule has 0 heterocycles. The van der Waals surface area contributed by atoms with Gasteiger partial charge in [-0.3, -0.25) is 0 Å². The zero-order chi connectivity index (χ0) is 16.9. The van der Waals surface area contributed by atoms with Gasteiger partial charge in [0.25, 0.3) is 0 Å². The van der Waals surface area contributed by atoms with Crippen LogP contribution in [-0.2, 0) is 5.60 Å². The highest BCUT2D eigenvalue weighted by Gasteiger charge is 2.74. The Labute approximate surface area is 147 Å². The van der Waals surface area contributed by atoms with Gasteiger partial charge in [-0.15, -0.1) is 23.2 Å². The Morgan fingerprint density at radius 3 is 2.09 bits per heavy atom. The average Bonchev–Trinajstić information content (AvgIpc) is 3.07. The second kappa shape index (κ2) is 5.41. The fraction of sp³-hybridized carbons (Fsp3) is 0.368. The zero-order valence-electron chi connectivity index (χ0n) is 13.4. The Bertz CT molecular complexity index is 744. The molecule has 23 heavy (non-hydrogen) atoms. The van der Waals surface area contributed by atoms with Crippen molar-refractivity contribution in [1.82, 2.24) is 0 Å². The van der Waals surface area contributed by atoms with Gasteiger partial charge >= 0.3 is 0 Å². The number of aryl methyl sites for hydroxylation is 1. The van der Waals surface area contributed by atoms with Crippen molar-refractivity contribution in [3.8, 4) is 5.75 Å². The third kappa shape index (κ3) is 2.27. The average molecular weight is 351 g/mol. The molecule has 4 heteroatoms. The van der Waals surface area contributed by atoms with Crippen LogP contribution in [0, 0.1) is 12.3 Å². The van der Waals surface area contributed by atoms with E-state index in [1.807, 2.05) is 62.4 Å². The summed E-state index contributed by atoms with van der Waals surface area (Å²) in [5, 5.41) is 11.9. The summed E-state index contributed by atoms with van der Waals surface area (Å²) in [7, 11) is 1.60. The summed E-state index contributed by atoms with van der Waals surface area (Å²) in [5.74, 6) is 0.621. The first-order valence-corrected chi connectivity index (χ1v) is 8.33. The summed E-state index contributed by atoms with van der Waals surface area (Å²) in [4.78, 5) is 0. The zero-order valence-corrected chi connectivity index (χ0v) is 14.9. The molecule has 2 aromatic rings. The minimum atomic E-state index is -1.34. The quantitative estimate of drug-likeness (QED) is 0.800. The van der Waals surface area contributed by atoms with E-state index >= 15 is 0 Å². The maximum atomic E-state index is 11.9. The predicted molar refractivity (Wildman–Crippen MR) is 94.3 cm³/mol. The monoisotopic (exact) mass is 350 g/mol. The molecule has 2 nitrogen and oxygen atoms in total. The fourth-order valence-corrected chi connectivity index (χ4v) is 4.26. The summed E-state index contributed by atoms with van der Waals surface area (Å²) in [6.07, 6.45) is 0.506. The van der Waals surface area contributed by atoms with E-state index in [0.717, 1.165) is 11.1 Å². The van der Waals surface area contributed by atoms with Gasteiger partial charge in [0.15, 0.2) is 0 Å². The van der Waals surface area contributed by atoms with Crippen molar-refractivity contribution in [1.29, 1.82) is 0 Å². The summed E-state index contributed by atoms with van der Waals surface area (Å²) in [6.45, 7) is 3.90. The Kier molecular flexibility index (Phi) is 3.91. The fourth-order valence-electron chi connectivity index (χ4n) is 3.45. The number of hydrogen-bond acceptors (Lipinski definition) is 2. The lowest BCUT2D eigenvalue weighted by Gasteiger charge is -2.38. The van der Waals surface area contributed by atoms with E-state index in [2.05, 4.69) is 0 Å². The van der Waals surface area contributed by atoms with Crippen molar-refractivity contribution >= 4 is 23.2 Å². The molecule has 1 aliphatic rings. The van der Waals surface area contributed by atoms with Crippen LogP contribution in [0.4, 0.5) is 0 Å². The molecule has 0 bridgehead atoms. The highest BCUT2D eigenvalue weighted by atomic mass is 35.5. The van der Waals surface area contributed by atoms with E-state index < -0.39 is 15.3 Å². The standard InChI is InChI=1S/C19H20Cl2O2/c1-13-8-4-5-9-14(13)19(22,17(2)12-18(17,20)21)15-10-6-7-11-16(15)23-3/h4-11,22H,12H2,1-3H3/t17-,19+/m1/s1. The maximum absolute atomic E-state index is 11.9. The van der Waals surface area contributed by atoms with E-state index in [4.69, 9.17) is 27.9 Å². The maximum Gasteiger partial charge on any atom is 0.127 e. The van der Waals surface area contributed by atoms with Crippen LogP contribution in [0.2, 0.25) is 0 Å². The summed E-state index contributed by atoms with van der Waals surface area (Å²) >= 11 is 12.9. The third-order valence-electron chi connectivity index (χ3n) is 5.09. The van der Waals surface area contributed by atoms with Gasteiger partial charge in [0.05, 0.1) is 7.11 Å². The van der Waals surface area contributed by atoms with Gasteiger partial charge in [0.1, 0.15) is 15.7 Å². The van der Waals surface area contributed by atoms with Crippen molar-refractivity contribution in [2.24, 2.45) is 5.41 Å². The van der Waals surface area contributed by atoms with E-state index in [1.165, 1.54) is 0 Å². The highest BCUT2D eigenvalue weighted by molar-refractivity contribution is 6.51. The van der Waals surface area contributed by atoms with Crippen LogP contribution in [-0.4, -0.2) is 16.5 Å². The highest BCUT2D eigenvalue weighted by Crippen LogP contribution is 2.73. The second-order valence-corrected chi connectivity index (χ2v) is 7.92. The molecule has 3 rings (SSSR count). The Morgan fingerprint density at radius 2 is 1.57 bits per heavy atom. The van der Waals surface area contributed by atoms with Crippen molar-refractivity contribution in [2.45, 2.75) is 30.2 Å². The van der Waals surface area contributed by atoms with Crippen LogP contribution < -0.4 is 4.74 Å². The number of para-hydroxylation sites is 1. The van der Waals surface area contributed by atoms with Gasteiger partial charge in [-0.1, -0.05) is 49.4 Å². The molecular weight excluding hydrogens is 331 g/mol. The molecule has 1 aliphatic carbocycles. The molecule has 1 saturated carbocycles. The second-order valence-electron chi connectivity index (χ2n) is 6.44. The number of methoxy groups -OCH3 is 1. The molecule has 0 aromatic heterocycles. The van der Waals surface area contributed by atoms with Gasteiger partial charge in [-0.05, 0) is 30.5 Å².